The summed E-state index contributed by atoms with van der Waals surface area (Å²) < 4.78 is 1.79. The smallest absolute Gasteiger partial charge is 0.251 e. The van der Waals surface area contributed by atoms with Gasteiger partial charge in [-0.3, -0.25) is 4.79 Å². The van der Waals surface area contributed by atoms with Gasteiger partial charge in [0.05, 0.1) is 5.69 Å². The number of benzene rings is 3. The molecule has 0 saturated carbocycles. The van der Waals surface area contributed by atoms with Crippen molar-refractivity contribution in [2.45, 2.75) is 6.42 Å². The van der Waals surface area contributed by atoms with Crippen LogP contribution in [0.2, 0.25) is 5.02 Å². The van der Waals surface area contributed by atoms with Crippen LogP contribution in [0.1, 0.15) is 16.8 Å². The fourth-order valence-electron chi connectivity index (χ4n) is 4.06. The summed E-state index contributed by atoms with van der Waals surface area (Å²) in [6.07, 6.45) is 2.55. The van der Waals surface area contributed by atoms with E-state index in [1.807, 2.05) is 80.6 Å². The predicted octanol–water partition coefficient (Wildman–Crippen LogP) is 4.21. The molecule has 0 aliphatic rings. The number of aromatic nitrogens is 3. The van der Waals surface area contributed by atoms with Gasteiger partial charge < -0.3 is 10.6 Å². The van der Waals surface area contributed by atoms with Crippen molar-refractivity contribution >= 4 is 42.3 Å². The Hall–Kier alpha value is -4.10. The first-order valence-electron chi connectivity index (χ1n) is 11.9. The summed E-state index contributed by atoms with van der Waals surface area (Å²) in [7, 11) is 1.98. The van der Waals surface area contributed by atoms with Gasteiger partial charge in [-0.05, 0) is 41.2 Å². The highest BCUT2D eigenvalue weighted by molar-refractivity contribution is 6.36. The van der Waals surface area contributed by atoms with Crippen molar-refractivity contribution in [3.8, 4) is 22.4 Å². The van der Waals surface area contributed by atoms with Gasteiger partial charge in [-0.1, -0.05) is 72.3 Å². The van der Waals surface area contributed by atoms with Gasteiger partial charge in [-0.15, -0.1) is 0 Å². The van der Waals surface area contributed by atoms with Crippen molar-refractivity contribution in [2.24, 2.45) is 0 Å². The number of nitrogens with zero attached hydrogens (tertiary/aromatic N) is 3. The van der Waals surface area contributed by atoms with E-state index >= 15 is 0 Å². The van der Waals surface area contributed by atoms with Crippen LogP contribution in [0.3, 0.4) is 0 Å². The highest BCUT2D eigenvalue weighted by Gasteiger charge is 2.12. The Morgan fingerprint density at radius 2 is 1.64 bits per heavy atom. The van der Waals surface area contributed by atoms with Gasteiger partial charge >= 0.3 is 0 Å². The van der Waals surface area contributed by atoms with Gasteiger partial charge in [0.1, 0.15) is 13.7 Å². The average molecular weight is 494 g/mol. The average Bonchev–Trinajstić information content (AvgIpc) is 3.30. The molecule has 0 saturated heterocycles. The van der Waals surface area contributed by atoms with E-state index in [2.05, 4.69) is 27.9 Å². The lowest BCUT2D eigenvalue weighted by Crippen LogP contribution is -2.26. The monoisotopic (exact) mass is 493 g/mol. The largest absolute Gasteiger partial charge is 0.370 e. The molecule has 0 radical (unpaired) electrons. The molecule has 0 unspecified atom stereocenters. The normalized spacial score (nSPS) is 10.9. The summed E-state index contributed by atoms with van der Waals surface area (Å²) in [5.74, 6) is 0.746. The maximum atomic E-state index is 12.6. The van der Waals surface area contributed by atoms with Crippen LogP contribution in [0, 0.1) is 0 Å². The van der Waals surface area contributed by atoms with Gasteiger partial charge in [0, 0.05) is 41.5 Å². The summed E-state index contributed by atoms with van der Waals surface area (Å²) in [6, 6.07) is 27.4. The number of hydrogen-bond donors (Lipinski definition) is 2. The van der Waals surface area contributed by atoms with Crippen molar-refractivity contribution < 1.29 is 4.79 Å². The number of nitrogens with one attached hydrogen (secondary N) is 2. The molecule has 0 aliphatic heterocycles. The SMILES string of the molecule is Bc1cnn2c(NCCCNC(=O)c3ccc(-c4ccccc4)cc3)cc(-c3ccccc3Cl)nc12. The number of fused-ring (bicyclic) bond motifs is 1. The quantitative estimate of drug-likeness (QED) is 0.251. The highest BCUT2D eigenvalue weighted by Crippen LogP contribution is 2.28. The third kappa shape index (κ3) is 5.11. The predicted molar refractivity (Wildman–Crippen MR) is 149 cm³/mol. The van der Waals surface area contributed by atoms with Gasteiger partial charge in [-0.2, -0.15) is 9.61 Å². The van der Waals surface area contributed by atoms with Crippen molar-refractivity contribution in [1.82, 2.24) is 19.9 Å². The van der Waals surface area contributed by atoms with E-state index < -0.39 is 0 Å². The molecule has 0 spiro atoms. The number of amides is 1. The fourth-order valence-corrected chi connectivity index (χ4v) is 4.29. The molecule has 6 nitrogen and oxygen atoms in total. The molecule has 5 rings (SSSR count). The van der Waals surface area contributed by atoms with E-state index in [4.69, 9.17) is 16.6 Å². The van der Waals surface area contributed by atoms with Crippen LogP contribution >= 0.6 is 11.6 Å². The Morgan fingerprint density at radius 3 is 2.42 bits per heavy atom. The maximum Gasteiger partial charge on any atom is 0.251 e. The minimum Gasteiger partial charge on any atom is -0.370 e. The Morgan fingerprint density at radius 1 is 0.917 bits per heavy atom. The zero-order valence-corrected chi connectivity index (χ0v) is 20.7. The number of halogens is 1. The van der Waals surface area contributed by atoms with Gasteiger partial charge in [0.15, 0.2) is 5.65 Å². The summed E-state index contributed by atoms with van der Waals surface area (Å²) in [5, 5.41) is 11.5. The lowest BCUT2D eigenvalue weighted by atomic mass is 10.0. The summed E-state index contributed by atoms with van der Waals surface area (Å²) >= 11 is 6.42. The standard InChI is InChI=1S/C28H25BClN5O/c29-23-18-33-35-26(17-25(34-27(23)35)22-9-4-5-10-24(22)30)31-15-6-16-32-28(36)21-13-11-20(12-14-21)19-7-2-1-3-8-19/h1-5,7-14,17-18,31H,6,15-16,29H2,(H,32,36). The third-order valence-electron chi connectivity index (χ3n) is 6.00. The second-order valence-corrected chi connectivity index (χ2v) is 8.96. The topological polar surface area (TPSA) is 71.3 Å². The van der Waals surface area contributed by atoms with Gasteiger partial charge in [-0.25, -0.2) is 4.98 Å². The molecule has 0 atom stereocenters. The molecule has 8 heteroatoms. The van der Waals surface area contributed by atoms with Crippen LogP contribution in [0.4, 0.5) is 5.82 Å². The van der Waals surface area contributed by atoms with Crippen LogP contribution < -0.4 is 16.1 Å². The highest BCUT2D eigenvalue weighted by atomic mass is 35.5. The van der Waals surface area contributed by atoms with Crippen LogP contribution in [0.25, 0.3) is 28.0 Å². The zero-order chi connectivity index (χ0) is 24.9. The Labute approximate surface area is 215 Å². The van der Waals surface area contributed by atoms with E-state index in [1.54, 1.807) is 10.7 Å². The first-order valence-corrected chi connectivity index (χ1v) is 12.3. The second kappa shape index (κ2) is 10.7. The van der Waals surface area contributed by atoms with Crippen molar-refractivity contribution in [3.63, 3.8) is 0 Å². The minimum absolute atomic E-state index is 0.0791. The zero-order valence-electron chi connectivity index (χ0n) is 19.9. The van der Waals surface area contributed by atoms with Gasteiger partial charge in [0.25, 0.3) is 5.91 Å². The molecule has 0 bridgehead atoms. The molecule has 2 aromatic heterocycles. The molecule has 0 aliphatic carbocycles. The van der Waals surface area contributed by atoms with Crippen molar-refractivity contribution in [3.05, 3.63) is 102 Å². The van der Waals surface area contributed by atoms with Crippen molar-refractivity contribution in [2.75, 3.05) is 18.4 Å². The van der Waals surface area contributed by atoms with Crippen LogP contribution in [0.5, 0.6) is 0 Å². The Kier molecular flexibility index (Phi) is 7.00. The number of anilines is 1. The summed E-state index contributed by atoms with van der Waals surface area (Å²) in [6.45, 7) is 1.21. The molecular weight excluding hydrogens is 469 g/mol. The minimum atomic E-state index is -0.0791. The van der Waals surface area contributed by atoms with Crippen LogP contribution in [-0.2, 0) is 0 Å². The molecule has 178 valence electrons. The Bertz CT molecular complexity index is 1500. The fraction of sp³-hybridized carbons (Fsp3) is 0.107. The molecule has 0 fully saturated rings. The van der Waals surface area contributed by atoms with Gasteiger partial charge in [0.2, 0.25) is 0 Å². The molecule has 2 N–H and O–H groups in total. The van der Waals surface area contributed by atoms with E-state index in [-0.39, 0.29) is 5.91 Å². The molecular formula is C28H25BClN5O. The lowest BCUT2D eigenvalue weighted by Gasteiger charge is -2.12. The molecule has 5 aromatic rings. The number of rotatable bonds is 8. The van der Waals surface area contributed by atoms with E-state index in [0.29, 0.717) is 23.7 Å². The van der Waals surface area contributed by atoms with E-state index in [1.165, 1.54) is 0 Å². The molecule has 3 aromatic carbocycles. The van der Waals surface area contributed by atoms with E-state index in [0.717, 1.165) is 45.7 Å². The number of carbonyl (C=O) groups is 1. The molecule has 1 amide bonds. The van der Waals surface area contributed by atoms with Crippen LogP contribution in [-0.4, -0.2) is 41.4 Å². The first-order chi connectivity index (χ1) is 17.6. The first kappa shape index (κ1) is 23.6. The Balaban J connectivity index is 1.20. The third-order valence-corrected chi connectivity index (χ3v) is 6.33. The molecule has 2 heterocycles. The van der Waals surface area contributed by atoms with E-state index in [9.17, 15) is 4.79 Å². The lowest BCUT2D eigenvalue weighted by molar-refractivity contribution is 0.0953. The van der Waals surface area contributed by atoms with Crippen LogP contribution in [0.15, 0.2) is 91.1 Å². The second-order valence-electron chi connectivity index (χ2n) is 8.55. The summed E-state index contributed by atoms with van der Waals surface area (Å²) in [4.78, 5) is 17.3. The number of hydrogen-bond acceptors (Lipinski definition) is 4. The van der Waals surface area contributed by atoms with Crippen molar-refractivity contribution in [1.29, 1.82) is 0 Å². The number of carbonyl (C=O) groups excluding carboxylic acids is 1. The summed E-state index contributed by atoms with van der Waals surface area (Å²) in [5.41, 5.74) is 6.28. The molecule has 36 heavy (non-hydrogen) atoms. The maximum absolute atomic E-state index is 12.6.